The molecule has 0 spiro atoms. The van der Waals surface area contributed by atoms with Crippen LogP contribution in [-0.2, 0) is 4.74 Å². The van der Waals surface area contributed by atoms with Crippen molar-refractivity contribution in [2.75, 3.05) is 36.5 Å². The Balaban J connectivity index is 1.95. The summed E-state index contributed by atoms with van der Waals surface area (Å²) < 4.78 is 18.2. The number of hydrogen-bond donors (Lipinski definition) is 1. The zero-order valence-electron chi connectivity index (χ0n) is 12.1. The Morgan fingerprint density at radius 3 is 2.57 bits per heavy atom. The summed E-state index contributed by atoms with van der Waals surface area (Å²) in [6.07, 6.45) is 1.27. The maximum atomic E-state index is 13.0. The van der Waals surface area contributed by atoms with Crippen molar-refractivity contribution >= 4 is 23.0 Å². The molecule has 0 aliphatic carbocycles. The Morgan fingerprint density at radius 1 is 1.22 bits per heavy atom. The second-order valence-electron chi connectivity index (χ2n) is 4.88. The smallest absolute Gasteiger partial charge is 0.353 e. The van der Waals surface area contributed by atoms with Crippen molar-refractivity contribution in [2.24, 2.45) is 0 Å². The van der Waals surface area contributed by atoms with Crippen molar-refractivity contribution in [1.82, 2.24) is 9.97 Å². The minimum Gasteiger partial charge on any atom is -0.378 e. The van der Waals surface area contributed by atoms with Gasteiger partial charge in [-0.2, -0.15) is 0 Å². The van der Waals surface area contributed by atoms with E-state index in [0.29, 0.717) is 32.0 Å². The third-order valence-corrected chi connectivity index (χ3v) is 3.40. The van der Waals surface area contributed by atoms with E-state index in [-0.39, 0.29) is 23.1 Å². The average Bonchev–Trinajstić information content (AvgIpc) is 2.57. The number of nitrogens with zero attached hydrogens (tertiary/aromatic N) is 4. The van der Waals surface area contributed by atoms with E-state index >= 15 is 0 Å². The highest BCUT2D eigenvalue weighted by atomic mass is 19.1. The summed E-state index contributed by atoms with van der Waals surface area (Å²) in [5.41, 5.74) is 0.292. The van der Waals surface area contributed by atoms with E-state index in [1.54, 1.807) is 4.90 Å². The van der Waals surface area contributed by atoms with Crippen LogP contribution >= 0.6 is 0 Å². The fourth-order valence-corrected chi connectivity index (χ4v) is 2.31. The molecule has 0 bridgehead atoms. The van der Waals surface area contributed by atoms with Gasteiger partial charge in [-0.25, -0.2) is 14.4 Å². The first-order chi connectivity index (χ1) is 11.1. The van der Waals surface area contributed by atoms with E-state index in [0.717, 1.165) is 0 Å². The van der Waals surface area contributed by atoms with Gasteiger partial charge in [0, 0.05) is 18.8 Å². The molecule has 1 aromatic carbocycles. The first-order valence-corrected chi connectivity index (χ1v) is 7.00. The highest BCUT2D eigenvalue weighted by molar-refractivity contribution is 5.74. The Hall–Kier alpha value is -2.81. The van der Waals surface area contributed by atoms with Crippen molar-refractivity contribution in [2.45, 2.75) is 0 Å². The lowest BCUT2D eigenvalue weighted by Crippen LogP contribution is -2.37. The quantitative estimate of drug-likeness (QED) is 0.681. The third kappa shape index (κ3) is 3.34. The lowest BCUT2D eigenvalue weighted by molar-refractivity contribution is -0.383. The van der Waals surface area contributed by atoms with Gasteiger partial charge in [0.05, 0.1) is 18.1 Å². The second-order valence-corrected chi connectivity index (χ2v) is 4.88. The minimum absolute atomic E-state index is 0.0677. The summed E-state index contributed by atoms with van der Waals surface area (Å²) in [7, 11) is 0. The van der Waals surface area contributed by atoms with Crippen molar-refractivity contribution < 1.29 is 14.1 Å². The Labute approximate surface area is 131 Å². The predicted molar refractivity (Wildman–Crippen MR) is 81.4 cm³/mol. The zero-order chi connectivity index (χ0) is 16.2. The van der Waals surface area contributed by atoms with E-state index in [4.69, 9.17) is 4.74 Å². The van der Waals surface area contributed by atoms with Gasteiger partial charge in [-0.1, -0.05) is 0 Å². The SMILES string of the molecule is O=[N+]([O-])c1c(Nc2ccc(F)cc2)ncnc1N1CCOCC1. The number of hydrogen-bond acceptors (Lipinski definition) is 7. The van der Waals surface area contributed by atoms with Gasteiger partial charge in [-0.05, 0) is 24.3 Å². The molecule has 1 aliphatic heterocycles. The van der Waals surface area contributed by atoms with Gasteiger partial charge in [0.1, 0.15) is 12.1 Å². The molecule has 0 amide bonds. The Bertz CT molecular complexity index is 704. The molecule has 1 saturated heterocycles. The van der Waals surface area contributed by atoms with E-state index < -0.39 is 4.92 Å². The molecule has 1 aromatic heterocycles. The topological polar surface area (TPSA) is 93.4 Å². The number of rotatable bonds is 4. The maximum absolute atomic E-state index is 13.0. The van der Waals surface area contributed by atoms with Gasteiger partial charge < -0.3 is 15.0 Å². The summed E-state index contributed by atoms with van der Waals surface area (Å²) in [5.74, 6) is -0.0715. The van der Waals surface area contributed by atoms with E-state index in [1.807, 2.05) is 0 Å². The van der Waals surface area contributed by atoms with Crippen molar-refractivity contribution in [3.05, 3.63) is 46.5 Å². The first-order valence-electron chi connectivity index (χ1n) is 7.00. The molecule has 0 saturated carbocycles. The predicted octanol–water partition coefficient (Wildman–Crippen LogP) is 2.10. The number of halogens is 1. The number of morpholine rings is 1. The van der Waals surface area contributed by atoms with Crippen LogP contribution in [0.2, 0.25) is 0 Å². The Kier molecular flexibility index (Phi) is 4.29. The van der Waals surface area contributed by atoms with E-state index in [2.05, 4.69) is 15.3 Å². The molecule has 0 unspecified atom stereocenters. The summed E-state index contributed by atoms with van der Waals surface area (Å²) >= 11 is 0. The largest absolute Gasteiger partial charge is 0.378 e. The van der Waals surface area contributed by atoms with Gasteiger partial charge in [-0.3, -0.25) is 10.1 Å². The minimum atomic E-state index is -0.517. The van der Waals surface area contributed by atoms with Gasteiger partial charge in [0.15, 0.2) is 0 Å². The van der Waals surface area contributed by atoms with Crippen molar-refractivity contribution in [3.8, 4) is 0 Å². The average molecular weight is 319 g/mol. The molecule has 1 fully saturated rings. The molecule has 0 radical (unpaired) electrons. The molecule has 23 heavy (non-hydrogen) atoms. The van der Waals surface area contributed by atoms with Crippen LogP contribution in [0.15, 0.2) is 30.6 Å². The molecular weight excluding hydrogens is 305 g/mol. The summed E-state index contributed by atoms with van der Waals surface area (Å²) in [5, 5.41) is 14.3. The molecule has 2 heterocycles. The molecule has 2 aromatic rings. The fourth-order valence-electron chi connectivity index (χ4n) is 2.31. The summed E-state index contributed by atoms with van der Waals surface area (Å²) in [6.45, 7) is 2.02. The number of anilines is 3. The summed E-state index contributed by atoms with van der Waals surface area (Å²) in [4.78, 5) is 20.8. The zero-order valence-corrected chi connectivity index (χ0v) is 12.1. The van der Waals surface area contributed by atoms with Crippen LogP contribution in [0.25, 0.3) is 0 Å². The summed E-state index contributed by atoms with van der Waals surface area (Å²) in [6, 6.07) is 5.49. The lowest BCUT2D eigenvalue weighted by Gasteiger charge is -2.27. The van der Waals surface area contributed by atoms with Crippen LogP contribution in [0.3, 0.4) is 0 Å². The molecule has 120 valence electrons. The van der Waals surface area contributed by atoms with Crippen LogP contribution in [0.4, 0.5) is 27.4 Å². The van der Waals surface area contributed by atoms with Gasteiger partial charge in [-0.15, -0.1) is 0 Å². The van der Waals surface area contributed by atoms with Gasteiger partial charge in [0.2, 0.25) is 11.6 Å². The number of nitrogens with one attached hydrogen (secondary N) is 1. The molecular formula is C14H14FN5O3. The third-order valence-electron chi connectivity index (χ3n) is 3.40. The van der Waals surface area contributed by atoms with Crippen LogP contribution < -0.4 is 10.2 Å². The maximum Gasteiger partial charge on any atom is 0.353 e. The van der Waals surface area contributed by atoms with Gasteiger partial charge >= 0.3 is 5.69 Å². The molecule has 0 atom stereocenters. The number of ether oxygens (including phenoxy) is 1. The second kappa shape index (κ2) is 6.53. The van der Waals surface area contributed by atoms with Crippen LogP contribution in [-0.4, -0.2) is 41.2 Å². The van der Waals surface area contributed by atoms with Gasteiger partial charge in [0.25, 0.3) is 0 Å². The lowest BCUT2D eigenvalue weighted by atomic mass is 10.3. The molecule has 1 N–H and O–H groups in total. The monoisotopic (exact) mass is 319 g/mol. The molecule has 8 nitrogen and oxygen atoms in total. The van der Waals surface area contributed by atoms with Crippen LogP contribution in [0, 0.1) is 15.9 Å². The normalized spacial score (nSPS) is 14.6. The van der Waals surface area contributed by atoms with Crippen molar-refractivity contribution in [3.63, 3.8) is 0 Å². The van der Waals surface area contributed by atoms with Crippen LogP contribution in [0.5, 0.6) is 0 Å². The first kappa shape index (κ1) is 15.1. The number of benzene rings is 1. The standard InChI is InChI=1S/C14H14FN5O3/c15-10-1-3-11(4-2-10)18-13-12(20(21)22)14(17-9-16-13)19-5-7-23-8-6-19/h1-4,9H,5-8H2,(H,16,17,18). The van der Waals surface area contributed by atoms with E-state index in [1.165, 1.54) is 30.6 Å². The fraction of sp³-hybridized carbons (Fsp3) is 0.286. The molecule has 9 heteroatoms. The molecule has 1 aliphatic rings. The highest BCUT2D eigenvalue weighted by Crippen LogP contribution is 2.33. The van der Waals surface area contributed by atoms with E-state index in [9.17, 15) is 14.5 Å². The van der Waals surface area contributed by atoms with Crippen molar-refractivity contribution in [1.29, 1.82) is 0 Å². The number of aromatic nitrogens is 2. The highest BCUT2D eigenvalue weighted by Gasteiger charge is 2.28. The van der Waals surface area contributed by atoms with Crippen LogP contribution in [0.1, 0.15) is 0 Å². The number of nitro groups is 1. The Morgan fingerprint density at radius 2 is 1.91 bits per heavy atom. The molecule has 3 rings (SSSR count).